The summed E-state index contributed by atoms with van der Waals surface area (Å²) >= 11 is 0. The highest BCUT2D eigenvalue weighted by Crippen LogP contribution is 2.17. The van der Waals surface area contributed by atoms with Crippen molar-refractivity contribution in [3.63, 3.8) is 0 Å². The Balaban J connectivity index is 0.00000420. The van der Waals surface area contributed by atoms with Crippen LogP contribution in [0.1, 0.15) is 34.6 Å². The van der Waals surface area contributed by atoms with Crippen LogP contribution in [0.5, 0.6) is 0 Å². The van der Waals surface area contributed by atoms with Crippen molar-refractivity contribution in [1.82, 2.24) is 10.6 Å². The topological polar surface area (TPSA) is 125 Å². The minimum atomic E-state index is -0.364. The maximum Gasteiger partial charge on any atom is 0.319 e. The normalized spacial score (nSPS) is 9.93. The van der Waals surface area contributed by atoms with Crippen molar-refractivity contribution in [2.24, 2.45) is 5.73 Å². The number of para-hydroxylation sites is 1. The van der Waals surface area contributed by atoms with Gasteiger partial charge < -0.3 is 27.0 Å². The predicted molar refractivity (Wildman–Crippen MR) is 117 cm³/mol. The molecule has 0 aliphatic heterocycles. The molecule has 0 aliphatic carbocycles. The van der Waals surface area contributed by atoms with E-state index in [1.54, 1.807) is 48.5 Å². The van der Waals surface area contributed by atoms with Gasteiger partial charge >= 0.3 is 6.03 Å². The molecule has 2 aromatic carbocycles. The Hall–Kier alpha value is -3.10. The summed E-state index contributed by atoms with van der Waals surface area (Å²) < 4.78 is 0. The number of nitrogens with one attached hydrogen (secondary N) is 4. The summed E-state index contributed by atoms with van der Waals surface area (Å²) in [6, 6.07) is 12.9. The number of rotatable bonds is 7. The predicted octanol–water partition coefficient (Wildman–Crippen LogP) is 2.58. The molecule has 2 rings (SSSR count). The molecule has 0 bridgehead atoms. The molecule has 156 valence electrons. The van der Waals surface area contributed by atoms with Crippen LogP contribution in [-0.4, -0.2) is 37.0 Å². The quantitative estimate of drug-likeness (QED) is 0.472. The average Bonchev–Trinajstić information content (AvgIpc) is 2.66. The van der Waals surface area contributed by atoms with Crippen molar-refractivity contribution in [3.8, 4) is 0 Å². The fourth-order valence-corrected chi connectivity index (χ4v) is 2.40. The number of halogens is 1. The van der Waals surface area contributed by atoms with Crippen LogP contribution in [0, 0.1) is 0 Å². The van der Waals surface area contributed by atoms with Crippen molar-refractivity contribution < 1.29 is 14.4 Å². The summed E-state index contributed by atoms with van der Waals surface area (Å²) in [6.45, 7) is 4.40. The molecule has 9 heteroatoms. The maximum atomic E-state index is 12.5. The number of carbonyl (C=O) groups is 3. The molecule has 0 aliphatic rings. The van der Waals surface area contributed by atoms with Gasteiger partial charge in [0.1, 0.15) is 0 Å². The molecule has 0 fully saturated rings. The Morgan fingerprint density at radius 2 is 1.59 bits per heavy atom. The van der Waals surface area contributed by atoms with Gasteiger partial charge in [-0.05, 0) is 50.2 Å². The van der Waals surface area contributed by atoms with Crippen molar-refractivity contribution in [2.45, 2.75) is 19.9 Å². The highest BCUT2D eigenvalue weighted by atomic mass is 35.5. The van der Waals surface area contributed by atoms with Gasteiger partial charge in [-0.15, -0.1) is 12.4 Å². The first-order valence-corrected chi connectivity index (χ1v) is 8.97. The summed E-state index contributed by atoms with van der Waals surface area (Å²) in [5.74, 6) is -0.672. The SMILES string of the molecule is CC(C)NC(=O)Nc1ccc(C(=O)Nc2ccccc2C(=O)NCCN)cc1.Cl. The van der Waals surface area contributed by atoms with Gasteiger partial charge in [-0.1, -0.05) is 12.1 Å². The van der Waals surface area contributed by atoms with Gasteiger partial charge in [0.05, 0.1) is 11.3 Å². The molecule has 0 heterocycles. The lowest BCUT2D eigenvalue weighted by Gasteiger charge is -2.12. The number of anilines is 2. The Bertz CT molecular complexity index is 840. The molecule has 0 saturated carbocycles. The molecule has 8 nitrogen and oxygen atoms in total. The van der Waals surface area contributed by atoms with Crippen molar-refractivity contribution in [2.75, 3.05) is 23.7 Å². The zero-order valence-electron chi connectivity index (χ0n) is 16.3. The van der Waals surface area contributed by atoms with Gasteiger partial charge in [0.25, 0.3) is 11.8 Å². The van der Waals surface area contributed by atoms with Crippen molar-refractivity contribution in [1.29, 1.82) is 0 Å². The second-order valence-corrected chi connectivity index (χ2v) is 6.37. The zero-order chi connectivity index (χ0) is 20.5. The van der Waals surface area contributed by atoms with E-state index in [0.717, 1.165) is 0 Å². The maximum absolute atomic E-state index is 12.5. The van der Waals surface area contributed by atoms with Gasteiger partial charge in [-0.25, -0.2) is 4.79 Å². The second kappa shape index (κ2) is 11.7. The Morgan fingerprint density at radius 1 is 0.931 bits per heavy atom. The fourth-order valence-electron chi connectivity index (χ4n) is 2.40. The van der Waals surface area contributed by atoms with Crippen LogP contribution in [-0.2, 0) is 0 Å². The largest absolute Gasteiger partial charge is 0.351 e. The summed E-state index contributed by atoms with van der Waals surface area (Å²) in [5, 5.41) is 10.8. The van der Waals surface area contributed by atoms with Crippen molar-refractivity contribution >= 4 is 41.6 Å². The molecular weight excluding hydrogens is 394 g/mol. The standard InChI is InChI=1S/C20H25N5O3.ClH/c1-13(2)23-20(28)24-15-9-7-14(8-10-15)18(26)25-17-6-4-3-5-16(17)19(27)22-12-11-21;/h3-10,13H,11-12,21H2,1-2H3,(H,22,27)(H,25,26)(H2,23,24,28);1H. The third-order valence-electron chi connectivity index (χ3n) is 3.67. The molecule has 0 atom stereocenters. The molecule has 0 unspecified atom stereocenters. The molecule has 2 aromatic rings. The second-order valence-electron chi connectivity index (χ2n) is 6.37. The van der Waals surface area contributed by atoms with Crippen molar-refractivity contribution in [3.05, 3.63) is 59.7 Å². The highest BCUT2D eigenvalue weighted by Gasteiger charge is 2.14. The average molecular weight is 420 g/mol. The minimum absolute atomic E-state index is 0. The number of nitrogens with two attached hydrogens (primary N) is 1. The molecule has 4 amide bonds. The number of benzene rings is 2. The van der Waals surface area contributed by atoms with Crippen LogP contribution in [0.4, 0.5) is 16.2 Å². The van der Waals surface area contributed by atoms with E-state index in [1.165, 1.54) is 0 Å². The number of hydrogen-bond acceptors (Lipinski definition) is 4. The van der Waals surface area contributed by atoms with E-state index in [0.29, 0.717) is 35.6 Å². The Morgan fingerprint density at radius 3 is 2.21 bits per heavy atom. The summed E-state index contributed by atoms with van der Waals surface area (Å²) in [6.07, 6.45) is 0. The van der Waals surface area contributed by atoms with Crippen LogP contribution in [0.3, 0.4) is 0 Å². The highest BCUT2D eigenvalue weighted by molar-refractivity contribution is 6.09. The first-order valence-electron chi connectivity index (χ1n) is 8.97. The number of urea groups is 1. The number of carbonyl (C=O) groups excluding carboxylic acids is 3. The van der Waals surface area contributed by atoms with Gasteiger partial charge in [-0.3, -0.25) is 9.59 Å². The molecular formula is C20H26ClN5O3. The number of amides is 4. The first-order chi connectivity index (χ1) is 13.4. The molecule has 0 radical (unpaired) electrons. The van der Waals surface area contributed by atoms with Crippen LogP contribution in [0.2, 0.25) is 0 Å². The molecule has 6 N–H and O–H groups in total. The first kappa shape index (κ1) is 23.9. The molecule has 0 saturated heterocycles. The summed E-state index contributed by atoms with van der Waals surface area (Å²) in [7, 11) is 0. The van der Waals surface area contributed by atoms with Gasteiger partial charge in [-0.2, -0.15) is 0 Å². The van der Waals surface area contributed by atoms with E-state index in [2.05, 4.69) is 21.3 Å². The number of hydrogen-bond donors (Lipinski definition) is 5. The van der Waals surface area contributed by atoms with E-state index < -0.39 is 0 Å². The molecule has 0 spiro atoms. The van der Waals surface area contributed by atoms with E-state index in [9.17, 15) is 14.4 Å². The Labute approximate surface area is 176 Å². The van der Waals surface area contributed by atoms with E-state index in [4.69, 9.17) is 5.73 Å². The van der Waals surface area contributed by atoms with E-state index in [-0.39, 0.29) is 36.3 Å². The minimum Gasteiger partial charge on any atom is -0.351 e. The lowest BCUT2D eigenvalue weighted by Crippen LogP contribution is -2.34. The molecule has 29 heavy (non-hydrogen) atoms. The summed E-state index contributed by atoms with van der Waals surface area (Å²) in [4.78, 5) is 36.4. The van der Waals surface area contributed by atoms with E-state index in [1.807, 2.05) is 13.8 Å². The smallest absolute Gasteiger partial charge is 0.319 e. The van der Waals surface area contributed by atoms with Gasteiger partial charge in [0.15, 0.2) is 0 Å². The van der Waals surface area contributed by atoms with Gasteiger partial charge in [0.2, 0.25) is 0 Å². The monoisotopic (exact) mass is 419 g/mol. The summed E-state index contributed by atoms with van der Waals surface area (Å²) in [5.41, 5.74) is 7.12. The lowest BCUT2D eigenvalue weighted by molar-refractivity contribution is 0.0955. The fraction of sp³-hybridized carbons (Fsp3) is 0.250. The van der Waals surface area contributed by atoms with Crippen LogP contribution in [0.15, 0.2) is 48.5 Å². The third kappa shape index (κ3) is 7.44. The lowest BCUT2D eigenvalue weighted by atomic mass is 10.1. The Kier molecular flexibility index (Phi) is 9.64. The zero-order valence-corrected chi connectivity index (χ0v) is 17.1. The van der Waals surface area contributed by atoms with Crippen LogP contribution < -0.4 is 27.0 Å². The third-order valence-corrected chi connectivity index (χ3v) is 3.67. The van der Waals surface area contributed by atoms with Crippen LogP contribution >= 0.6 is 12.4 Å². The van der Waals surface area contributed by atoms with E-state index >= 15 is 0 Å². The molecule has 0 aromatic heterocycles. The van der Waals surface area contributed by atoms with Gasteiger partial charge in [0, 0.05) is 30.4 Å². The van der Waals surface area contributed by atoms with Crippen LogP contribution in [0.25, 0.3) is 0 Å².